The third kappa shape index (κ3) is 3.33. The number of piperidine rings is 1. The predicted molar refractivity (Wildman–Crippen MR) is 96.5 cm³/mol. The second-order valence-electron chi connectivity index (χ2n) is 6.99. The number of aliphatic hydroxyl groups excluding tert-OH is 1. The van der Waals surface area contributed by atoms with Crippen molar-refractivity contribution < 1.29 is 14.7 Å². The Balaban J connectivity index is 2.04. The number of likely N-dealkylation sites (tertiary alicyclic amines) is 1. The Morgan fingerprint density at radius 3 is 2.52 bits per heavy atom. The van der Waals surface area contributed by atoms with E-state index >= 15 is 0 Å². The van der Waals surface area contributed by atoms with Crippen LogP contribution >= 0.6 is 0 Å². The molecule has 3 rings (SSSR count). The van der Waals surface area contributed by atoms with Crippen molar-refractivity contribution in [2.75, 3.05) is 26.2 Å². The summed E-state index contributed by atoms with van der Waals surface area (Å²) < 4.78 is 0. The van der Waals surface area contributed by atoms with Gasteiger partial charge in [-0.05, 0) is 37.7 Å². The number of aryl methyl sites for hydroxylation is 1. The lowest BCUT2D eigenvalue weighted by atomic mass is 9.96. The third-order valence-corrected chi connectivity index (χ3v) is 5.02. The molecule has 0 aromatic heterocycles. The number of carbonyl (C=O) groups is 2. The van der Waals surface area contributed by atoms with E-state index in [1.54, 1.807) is 0 Å². The number of hydrogen-bond acceptors (Lipinski definition) is 4. The number of aliphatic hydroxyl groups is 1. The molecule has 0 saturated carbocycles. The van der Waals surface area contributed by atoms with Crippen LogP contribution in [0.3, 0.4) is 0 Å². The van der Waals surface area contributed by atoms with Gasteiger partial charge in [0, 0.05) is 26.2 Å². The highest BCUT2D eigenvalue weighted by Crippen LogP contribution is 2.34. The lowest BCUT2D eigenvalue weighted by Gasteiger charge is -2.34. The zero-order chi connectivity index (χ0) is 18.0. The van der Waals surface area contributed by atoms with Crippen molar-refractivity contribution in [1.82, 2.24) is 9.80 Å². The first-order chi connectivity index (χ1) is 12.1. The lowest BCUT2D eigenvalue weighted by Crippen LogP contribution is -2.40. The molecule has 5 heteroatoms. The summed E-state index contributed by atoms with van der Waals surface area (Å²) in [7, 11) is 0. The highest BCUT2D eigenvalue weighted by Gasteiger charge is 2.41. The van der Waals surface area contributed by atoms with Crippen LogP contribution in [0.1, 0.15) is 37.3 Å². The van der Waals surface area contributed by atoms with Crippen LogP contribution in [0.15, 0.2) is 30.0 Å². The number of rotatable bonds is 5. The minimum absolute atomic E-state index is 0.116. The van der Waals surface area contributed by atoms with Gasteiger partial charge in [-0.15, -0.1) is 0 Å². The Morgan fingerprint density at radius 1 is 1.16 bits per heavy atom. The van der Waals surface area contributed by atoms with E-state index in [2.05, 4.69) is 0 Å². The van der Waals surface area contributed by atoms with E-state index < -0.39 is 0 Å². The van der Waals surface area contributed by atoms with E-state index in [0.717, 1.165) is 36.9 Å². The molecule has 0 spiro atoms. The summed E-state index contributed by atoms with van der Waals surface area (Å²) in [5.41, 5.74) is 2.94. The molecule has 0 bridgehead atoms. The molecule has 1 N–H and O–H groups in total. The van der Waals surface area contributed by atoms with E-state index in [4.69, 9.17) is 0 Å². The molecule has 1 unspecified atom stereocenters. The van der Waals surface area contributed by atoms with E-state index in [9.17, 15) is 14.7 Å². The van der Waals surface area contributed by atoms with Gasteiger partial charge < -0.3 is 10.0 Å². The van der Waals surface area contributed by atoms with Crippen LogP contribution in [0.2, 0.25) is 0 Å². The number of benzene rings is 1. The molecule has 0 aliphatic carbocycles. The first-order valence-electron chi connectivity index (χ1n) is 9.10. The van der Waals surface area contributed by atoms with Crippen molar-refractivity contribution in [3.63, 3.8) is 0 Å². The summed E-state index contributed by atoms with van der Waals surface area (Å²) in [6.07, 6.45) is 2.62. The first kappa shape index (κ1) is 17.7. The molecule has 1 aromatic rings. The Bertz CT molecular complexity index is 693. The maximum Gasteiger partial charge on any atom is 0.277 e. The summed E-state index contributed by atoms with van der Waals surface area (Å²) in [4.78, 5) is 29.3. The van der Waals surface area contributed by atoms with Gasteiger partial charge in [-0.2, -0.15) is 0 Å². The van der Waals surface area contributed by atoms with Crippen LogP contribution in [0, 0.1) is 12.8 Å². The van der Waals surface area contributed by atoms with Crippen molar-refractivity contribution in [2.45, 2.75) is 33.1 Å². The van der Waals surface area contributed by atoms with Gasteiger partial charge in [0.2, 0.25) is 0 Å². The Kier molecular flexibility index (Phi) is 5.23. The second-order valence-corrected chi connectivity index (χ2v) is 6.99. The van der Waals surface area contributed by atoms with E-state index in [1.807, 2.05) is 43.0 Å². The molecule has 2 amide bonds. The zero-order valence-electron chi connectivity index (χ0n) is 15.0. The number of imide groups is 1. The van der Waals surface area contributed by atoms with Gasteiger partial charge in [-0.25, -0.2) is 0 Å². The molecule has 134 valence electrons. The van der Waals surface area contributed by atoms with Crippen LogP contribution in [0.25, 0.3) is 5.57 Å². The number of hydrogen-bond donors (Lipinski definition) is 1. The van der Waals surface area contributed by atoms with Crippen molar-refractivity contribution in [3.8, 4) is 0 Å². The maximum atomic E-state index is 13.0. The highest BCUT2D eigenvalue weighted by molar-refractivity contribution is 6.35. The summed E-state index contributed by atoms with van der Waals surface area (Å²) in [6.45, 7) is 5.89. The first-order valence-corrected chi connectivity index (χ1v) is 9.10. The third-order valence-electron chi connectivity index (χ3n) is 5.02. The Labute approximate surface area is 148 Å². The molecule has 1 aromatic carbocycles. The summed E-state index contributed by atoms with van der Waals surface area (Å²) in [5, 5.41) is 9.51. The largest absolute Gasteiger partial charge is 0.396 e. The van der Waals surface area contributed by atoms with Crippen LogP contribution < -0.4 is 0 Å². The molecule has 2 aliphatic rings. The van der Waals surface area contributed by atoms with E-state index in [0.29, 0.717) is 24.4 Å². The minimum atomic E-state index is -0.197. The average Bonchev–Trinajstić information content (AvgIpc) is 2.87. The predicted octanol–water partition coefficient (Wildman–Crippen LogP) is 2.19. The Hall–Kier alpha value is -2.14. The number of carbonyl (C=O) groups excluding carboxylic acids is 2. The average molecular weight is 342 g/mol. The van der Waals surface area contributed by atoms with Crippen molar-refractivity contribution in [1.29, 1.82) is 0 Å². The molecule has 25 heavy (non-hydrogen) atoms. The lowest BCUT2D eigenvalue weighted by molar-refractivity contribution is -0.137. The molecule has 2 aliphatic heterocycles. The Morgan fingerprint density at radius 2 is 1.88 bits per heavy atom. The van der Waals surface area contributed by atoms with Gasteiger partial charge in [0.15, 0.2) is 0 Å². The maximum absolute atomic E-state index is 13.0. The van der Waals surface area contributed by atoms with Crippen LogP contribution in [0.4, 0.5) is 0 Å². The van der Waals surface area contributed by atoms with E-state index in [-0.39, 0.29) is 24.3 Å². The van der Waals surface area contributed by atoms with Gasteiger partial charge >= 0.3 is 0 Å². The van der Waals surface area contributed by atoms with Gasteiger partial charge in [-0.1, -0.05) is 36.8 Å². The molecule has 1 atom stereocenters. The zero-order valence-corrected chi connectivity index (χ0v) is 15.0. The highest BCUT2D eigenvalue weighted by atomic mass is 16.3. The van der Waals surface area contributed by atoms with Crippen LogP contribution in [-0.4, -0.2) is 53.0 Å². The SMILES string of the molecule is CCCN1C(=O)C(c2ccc(C)cc2)=C(N2CCCC(CO)C2)C1=O. The van der Waals surface area contributed by atoms with Gasteiger partial charge in [0.25, 0.3) is 11.8 Å². The van der Waals surface area contributed by atoms with Gasteiger partial charge in [-0.3, -0.25) is 14.5 Å². The quantitative estimate of drug-likeness (QED) is 0.833. The van der Waals surface area contributed by atoms with Gasteiger partial charge in [0.1, 0.15) is 5.70 Å². The molecule has 1 fully saturated rings. The fraction of sp³-hybridized carbons (Fsp3) is 0.500. The van der Waals surface area contributed by atoms with Crippen molar-refractivity contribution >= 4 is 17.4 Å². The van der Waals surface area contributed by atoms with Crippen molar-refractivity contribution in [2.24, 2.45) is 5.92 Å². The summed E-state index contributed by atoms with van der Waals surface area (Å²) >= 11 is 0. The molecule has 1 saturated heterocycles. The number of nitrogens with zero attached hydrogens (tertiary/aromatic N) is 2. The number of amides is 2. The normalized spacial score (nSPS) is 21.5. The van der Waals surface area contributed by atoms with Crippen LogP contribution in [-0.2, 0) is 9.59 Å². The van der Waals surface area contributed by atoms with Gasteiger partial charge in [0.05, 0.1) is 5.57 Å². The fourth-order valence-electron chi connectivity index (χ4n) is 3.68. The molecule has 5 nitrogen and oxygen atoms in total. The fourth-order valence-corrected chi connectivity index (χ4v) is 3.68. The molecular weight excluding hydrogens is 316 g/mol. The van der Waals surface area contributed by atoms with Crippen LogP contribution in [0.5, 0.6) is 0 Å². The smallest absolute Gasteiger partial charge is 0.277 e. The molecule has 2 heterocycles. The second kappa shape index (κ2) is 7.40. The van der Waals surface area contributed by atoms with E-state index in [1.165, 1.54) is 4.90 Å². The molecule has 0 radical (unpaired) electrons. The monoisotopic (exact) mass is 342 g/mol. The summed E-state index contributed by atoms with van der Waals surface area (Å²) in [6, 6.07) is 7.76. The molecular formula is C20H26N2O3. The summed E-state index contributed by atoms with van der Waals surface area (Å²) in [5.74, 6) is -0.235. The standard InChI is InChI=1S/C20H26N2O3/c1-3-10-22-19(24)17(16-8-6-14(2)7-9-16)18(20(22)25)21-11-4-5-15(12-21)13-23/h6-9,15,23H,3-5,10-13H2,1-2H3. The van der Waals surface area contributed by atoms with Crippen molar-refractivity contribution in [3.05, 3.63) is 41.1 Å². The minimum Gasteiger partial charge on any atom is -0.396 e. The topological polar surface area (TPSA) is 60.9 Å².